The molecule has 0 N–H and O–H groups in total. The van der Waals surface area contributed by atoms with Crippen molar-refractivity contribution in [2.24, 2.45) is 5.92 Å². The number of rotatable bonds is 4. The smallest absolute Gasteiger partial charge is 0.146 e. The lowest BCUT2D eigenvalue weighted by atomic mass is 10.1. The predicted molar refractivity (Wildman–Crippen MR) is 66.9 cm³/mol. The molecule has 0 amide bonds. The average molecular weight is 232 g/mol. The van der Waals surface area contributed by atoms with Crippen LogP contribution in [0.4, 0.5) is 0 Å². The highest BCUT2D eigenvalue weighted by Gasteiger charge is 2.28. The van der Waals surface area contributed by atoms with Crippen molar-refractivity contribution in [1.82, 2.24) is 0 Å². The highest BCUT2D eigenvalue weighted by Crippen LogP contribution is 2.33. The van der Waals surface area contributed by atoms with E-state index in [1.54, 1.807) is 11.8 Å². The van der Waals surface area contributed by atoms with Gasteiger partial charge in [0.25, 0.3) is 0 Å². The molecule has 0 spiro atoms. The molecule has 0 atom stereocenters. The number of hydrogen-bond donors (Lipinski definition) is 0. The highest BCUT2D eigenvalue weighted by atomic mass is 32.2. The maximum absolute atomic E-state index is 11.6. The van der Waals surface area contributed by atoms with E-state index in [-0.39, 0.29) is 0 Å². The Morgan fingerprint density at radius 1 is 1.25 bits per heavy atom. The first-order valence-corrected chi connectivity index (χ1v) is 7.09. The fraction of sp³-hybridized carbons (Fsp3) is 0.500. The van der Waals surface area contributed by atoms with Crippen molar-refractivity contribution >= 4 is 17.5 Å². The van der Waals surface area contributed by atoms with Crippen molar-refractivity contribution in [3.05, 3.63) is 29.3 Å². The summed E-state index contributed by atoms with van der Waals surface area (Å²) in [4.78, 5) is 12.9. The minimum absolute atomic E-state index is 0.405. The largest absolute Gasteiger partial charge is 0.298 e. The second-order valence-electron chi connectivity index (χ2n) is 4.81. The third-order valence-electron chi connectivity index (χ3n) is 3.48. The second-order valence-corrected chi connectivity index (χ2v) is 5.86. The van der Waals surface area contributed by atoms with E-state index in [4.69, 9.17) is 0 Å². The molecule has 1 nitrogen and oxygen atoms in total. The Morgan fingerprint density at radius 3 is 2.88 bits per heavy atom. The minimum atomic E-state index is 0.405. The van der Waals surface area contributed by atoms with Crippen LogP contribution in [0.1, 0.15) is 30.4 Å². The van der Waals surface area contributed by atoms with Crippen molar-refractivity contribution in [1.29, 1.82) is 0 Å². The zero-order valence-electron chi connectivity index (χ0n) is 9.37. The van der Waals surface area contributed by atoms with Gasteiger partial charge in [-0.1, -0.05) is 6.07 Å². The van der Waals surface area contributed by atoms with Gasteiger partial charge in [-0.15, -0.1) is 11.8 Å². The molecule has 1 aromatic carbocycles. The van der Waals surface area contributed by atoms with Crippen LogP contribution in [0.25, 0.3) is 0 Å². The van der Waals surface area contributed by atoms with Gasteiger partial charge in [0.15, 0.2) is 0 Å². The first-order chi connectivity index (χ1) is 7.83. The maximum atomic E-state index is 11.6. The van der Waals surface area contributed by atoms with E-state index >= 15 is 0 Å². The maximum Gasteiger partial charge on any atom is 0.146 e. The van der Waals surface area contributed by atoms with Crippen molar-refractivity contribution < 1.29 is 4.79 Å². The Bertz CT molecular complexity index is 421. The van der Waals surface area contributed by atoms with E-state index in [9.17, 15) is 4.79 Å². The number of thioether (sulfide) groups is 1. The zero-order chi connectivity index (χ0) is 11.0. The molecule has 0 bridgehead atoms. The summed E-state index contributed by atoms with van der Waals surface area (Å²) in [5, 5.41) is 0. The summed E-state index contributed by atoms with van der Waals surface area (Å²) < 4.78 is 0. The van der Waals surface area contributed by atoms with Gasteiger partial charge in [-0.05, 0) is 55.4 Å². The highest BCUT2D eigenvalue weighted by molar-refractivity contribution is 8.00. The second kappa shape index (κ2) is 4.25. The molecule has 0 unspecified atom stereocenters. The van der Waals surface area contributed by atoms with Crippen LogP contribution in [0.3, 0.4) is 0 Å². The molecule has 2 aliphatic rings. The summed E-state index contributed by atoms with van der Waals surface area (Å²) in [6, 6.07) is 6.70. The van der Waals surface area contributed by atoms with Gasteiger partial charge in [-0.2, -0.15) is 0 Å². The summed E-state index contributed by atoms with van der Waals surface area (Å²) in [5.74, 6) is 1.52. The van der Waals surface area contributed by atoms with Crippen molar-refractivity contribution in [2.45, 2.75) is 37.0 Å². The molecule has 0 aliphatic heterocycles. The van der Waals surface area contributed by atoms with E-state index in [1.807, 2.05) is 0 Å². The van der Waals surface area contributed by atoms with Crippen LogP contribution < -0.4 is 0 Å². The van der Waals surface area contributed by atoms with Crippen LogP contribution in [0, 0.1) is 5.92 Å². The molecule has 3 rings (SSSR count). The molecule has 84 valence electrons. The molecular formula is C14H16OS. The Labute approximate surface area is 101 Å². The van der Waals surface area contributed by atoms with Crippen molar-refractivity contribution in [3.63, 3.8) is 0 Å². The molecule has 1 saturated carbocycles. The average Bonchev–Trinajstić information content (AvgIpc) is 3.04. The summed E-state index contributed by atoms with van der Waals surface area (Å²) in [5.41, 5.74) is 3.02. The Balaban J connectivity index is 1.63. The van der Waals surface area contributed by atoms with Gasteiger partial charge in [0.2, 0.25) is 0 Å². The number of carbonyl (C=O) groups is 1. The monoisotopic (exact) mass is 232 g/mol. The van der Waals surface area contributed by atoms with E-state index in [0.717, 1.165) is 12.8 Å². The molecule has 16 heavy (non-hydrogen) atoms. The van der Waals surface area contributed by atoms with Gasteiger partial charge in [0, 0.05) is 10.8 Å². The van der Waals surface area contributed by atoms with Crippen LogP contribution in [-0.4, -0.2) is 11.5 Å². The van der Waals surface area contributed by atoms with E-state index in [2.05, 4.69) is 18.2 Å². The van der Waals surface area contributed by atoms with Gasteiger partial charge in [-0.25, -0.2) is 0 Å². The molecule has 2 aliphatic carbocycles. The third-order valence-corrected chi connectivity index (χ3v) is 4.50. The van der Waals surface area contributed by atoms with Crippen molar-refractivity contribution in [3.8, 4) is 0 Å². The van der Waals surface area contributed by atoms with Crippen molar-refractivity contribution in [2.75, 3.05) is 5.75 Å². The lowest BCUT2D eigenvalue weighted by Gasteiger charge is -2.04. The first-order valence-electron chi connectivity index (χ1n) is 6.10. The van der Waals surface area contributed by atoms with Crippen LogP contribution >= 0.6 is 11.8 Å². The van der Waals surface area contributed by atoms with Gasteiger partial charge in [0.1, 0.15) is 5.78 Å². The molecule has 2 heteroatoms. The van der Waals surface area contributed by atoms with Crippen LogP contribution in [0.5, 0.6) is 0 Å². The molecule has 0 aromatic heterocycles. The van der Waals surface area contributed by atoms with Gasteiger partial charge >= 0.3 is 0 Å². The summed E-state index contributed by atoms with van der Waals surface area (Å²) in [6.07, 6.45) is 6.01. The topological polar surface area (TPSA) is 17.1 Å². The SMILES string of the molecule is O=C(CSc1ccc2c(c1)CCC2)C1CC1. The summed E-state index contributed by atoms with van der Waals surface area (Å²) in [7, 11) is 0. The quantitative estimate of drug-likeness (QED) is 0.741. The Kier molecular flexibility index (Phi) is 2.76. The number of fused-ring (bicyclic) bond motifs is 1. The van der Waals surface area contributed by atoms with Crippen LogP contribution in [0.2, 0.25) is 0 Å². The molecule has 0 heterocycles. The Hall–Kier alpha value is -0.760. The Morgan fingerprint density at radius 2 is 2.06 bits per heavy atom. The van der Waals surface area contributed by atoms with Gasteiger partial charge in [0.05, 0.1) is 5.75 Å². The predicted octanol–water partition coefficient (Wildman–Crippen LogP) is 3.25. The number of carbonyl (C=O) groups excluding carboxylic acids is 1. The lowest BCUT2D eigenvalue weighted by molar-refractivity contribution is -0.117. The molecule has 0 saturated heterocycles. The van der Waals surface area contributed by atoms with E-state index in [1.165, 1.54) is 35.3 Å². The van der Waals surface area contributed by atoms with Gasteiger partial charge < -0.3 is 0 Å². The third kappa shape index (κ3) is 2.17. The standard InChI is InChI=1S/C14H16OS/c15-14(11-4-5-11)9-16-13-7-6-10-2-1-3-12(10)8-13/h6-8,11H,1-5,9H2. The fourth-order valence-corrected chi connectivity index (χ4v) is 3.25. The minimum Gasteiger partial charge on any atom is -0.298 e. The fourth-order valence-electron chi connectivity index (χ4n) is 2.32. The zero-order valence-corrected chi connectivity index (χ0v) is 10.2. The number of ketones is 1. The van der Waals surface area contributed by atoms with E-state index in [0.29, 0.717) is 17.5 Å². The van der Waals surface area contributed by atoms with Gasteiger partial charge in [-0.3, -0.25) is 4.79 Å². The number of Topliss-reactive ketones (excluding diaryl/α,β-unsaturated/α-hetero) is 1. The van der Waals surface area contributed by atoms with Crippen LogP contribution in [0.15, 0.2) is 23.1 Å². The molecular weight excluding hydrogens is 216 g/mol. The number of aryl methyl sites for hydroxylation is 2. The summed E-state index contributed by atoms with van der Waals surface area (Å²) >= 11 is 1.71. The normalized spacial score (nSPS) is 18.5. The lowest BCUT2D eigenvalue weighted by Crippen LogP contribution is -2.03. The summed E-state index contributed by atoms with van der Waals surface area (Å²) in [6.45, 7) is 0. The first kappa shape index (κ1) is 10.4. The van der Waals surface area contributed by atoms with Crippen LogP contribution in [-0.2, 0) is 17.6 Å². The van der Waals surface area contributed by atoms with E-state index < -0.39 is 0 Å². The molecule has 1 aromatic rings. The molecule has 1 fully saturated rings. The number of hydrogen-bond acceptors (Lipinski definition) is 2. The molecule has 0 radical (unpaired) electrons. The number of benzene rings is 1.